The van der Waals surface area contributed by atoms with E-state index >= 15 is 0 Å². The first-order valence-corrected chi connectivity index (χ1v) is 9.40. The van der Waals surface area contributed by atoms with Gasteiger partial charge in [-0.1, -0.05) is 56.3 Å². The van der Waals surface area contributed by atoms with Crippen LogP contribution in [0.15, 0.2) is 54.6 Å². The Morgan fingerprint density at radius 3 is 2.17 bits per heavy atom. The van der Waals surface area contributed by atoms with Crippen molar-refractivity contribution in [1.29, 1.82) is 0 Å². The highest BCUT2D eigenvalue weighted by molar-refractivity contribution is 5.81. The lowest BCUT2D eigenvalue weighted by Crippen LogP contribution is -2.33. The molecule has 2 aromatic carbocycles. The van der Waals surface area contributed by atoms with Gasteiger partial charge in [-0.2, -0.15) is 8.78 Å². The number of halogens is 2. The van der Waals surface area contributed by atoms with Gasteiger partial charge in [-0.3, -0.25) is 9.59 Å². The van der Waals surface area contributed by atoms with Crippen LogP contribution in [0, 0.1) is 5.92 Å². The molecule has 0 aromatic heterocycles. The van der Waals surface area contributed by atoms with Gasteiger partial charge in [-0.05, 0) is 35.6 Å². The summed E-state index contributed by atoms with van der Waals surface area (Å²) in [4.78, 5) is 24.1. The van der Waals surface area contributed by atoms with Crippen LogP contribution in [0.1, 0.15) is 43.9 Å². The number of hydrogen-bond donors (Lipinski definition) is 1. The van der Waals surface area contributed by atoms with Crippen LogP contribution in [0.4, 0.5) is 8.78 Å². The van der Waals surface area contributed by atoms with Crippen LogP contribution in [0.2, 0.25) is 0 Å². The van der Waals surface area contributed by atoms with Crippen molar-refractivity contribution in [2.45, 2.75) is 39.3 Å². The van der Waals surface area contributed by atoms with Crippen LogP contribution < -0.4 is 10.1 Å². The number of ether oxygens (including phenoxy) is 2. The van der Waals surface area contributed by atoms with E-state index in [-0.39, 0.29) is 18.8 Å². The molecular formula is C22H25F2NO4. The second kappa shape index (κ2) is 11.1. The van der Waals surface area contributed by atoms with Crippen molar-refractivity contribution in [1.82, 2.24) is 5.32 Å². The minimum atomic E-state index is -2.91. The van der Waals surface area contributed by atoms with Crippen LogP contribution in [0.25, 0.3) is 0 Å². The quantitative estimate of drug-likeness (QED) is 0.592. The van der Waals surface area contributed by atoms with Crippen molar-refractivity contribution in [3.8, 4) is 5.75 Å². The maximum atomic E-state index is 12.3. The first kappa shape index (κ1) is 22.3. The van der Waals surface area contributed by atoms with Crippen molar-refractivity contribution in [2.75, 3.05) is 6.61 Å². The van der Waals surface area contributed by atoms with Gasteiger partial charge in [0.1, 0.15) is 5.75 Å². The SMILES string of the molecule is CC(C)CCC(=O)OCC(=O)N[C@@H](c1ccccc1)c1ccc(OC(F)F)cc1. The Morgan fingerprint density at radius 1 is 0.966 bits per heavy atom. The standard InChI is InChI=1S/C22H25F2NO4/c1-15(2)8-13-20(27)28-14-19(26)25-21(16-6-4-3-5-7-16)17-9-11-18(12-10-17)29-22(23)24/h3-7,9-12,15,21-22H,8,13-14H2,1-2H3,(H,25,26)/t21-/m0/s1. The van der Waals surface area contributed by atoms with Crippen molar-refractivity contribution in [2.24, 2.45) is 5.92 Å². The molecule has 1 N–H and O–H groups in total. The zero-order chi connectivity index (χ0) is 21.2. The zero-order valence-electron chi connectivity index (χ0n) is 16.4. The summed E-state index contributed by atoms with van der Waals surface area (Å²) in [5, 5.41) is 2.82. The molecule has 156 valence electrons. The smallest absolute Gasteiger partial charge is 0.387 e. The molecule has 0 saturated heterocycles. The zero-order valence-corrected chi connectivity index (χ0v) is 16.4. The maximum Gasteiger partial charge on any atom is 0.387 e. The molecule has 29 heavy (non-hydrogen) atoms. The molecule has 0 bridgehead atoms. The summed E-state index contributed by atoms with van der Waals surface area (Å²) in [7, 11) is 0. The lowest BCUT2D eigenvalue weighted by Gasteiger charge is -2.20. The first-order valence-electron chi connectivity index (χ1n) is 9.40. The molecule has 0 fully saturated rings. The molecule has 2 rings (SSSR count). The second-order valence-electron chi connectivity index (χ2n) is 6.95. The van der Waals surface area contributed by atoms with Crippen LogP contribution in [-0.4, -0.2) is 25.1 Å². The number of carbonyl (C=O) groups is 2. The summed E-state index contributed by atoms with van der Waals surface area (Å²) in [5.74, 6) is -0.472. The largest absolute Gasteiger partial charge is 0.456 e. The molecule has 1 atom stereocenters. The van der Waals surface area contributed by atoms with E-state index in [1.54, 1.807) is 12.1 Å². The highest BCUT2D eigenvalue weighted by atomic mass is 19.3. The number of hydrogen-bond acceptors (Lipinski definition) is 4. The van der Waals surface area contributed by atoms with E-state index in [1.165, 1.54) is 12.1 Å². The van der Waals surface area contributed by atoms with Gasteiger partial charge in [0.05, 0.1) is 6.04 Å². The van der Waals surface area contributed by atoms with Gasteiger partial charge < -0.3 is 14.8 Å². The van der Waals surface area contributed by atoms with E-state index < -0.39 is 24.5 Å². The summed E-state index contributed by atoms with van der Waals surface area (Å²) in [6.45, 7) is 0.715. The number of nitrogens with one attached hydrogen (secondary N) is 1. The van der Waals surface area contributed by atoms with Crippen LogP contribution in [-0.2, 0) is 14.3 Å². The topological polar surface area (TPSA) is 64.6 Å². The second-order valence-corrected chi connectivity index (χ2v) is 6.95. The summed E-state index contributed by atoms with van der Waals surface area (Å²) < 4.78 is 34.1. The maximum absolute atomic E-state index is 12.3. The number of alkyl halides is 2. The third kappa shape index (κ3) is 7.89. The number of amides is 1. The van der Waals surface area contributed by atoms with Crippen molar-refractivity contribution in [3.05, 3.63) is 65.7 Å². The Morgan fingerprint density at radius 2 is 1.59 bits per heavy atom. The lowest BCUT2D eigenvalue weighted by atomic mass is 9.98. The number of carbonyl (C=O) groups excluding carboxylic acids is 2. The van der Waals surface area contributed by atoms with Crippen molar-refractivity contribution in [3.63, 3.8) is 0 Å². The van der Waals surface area contributed by atoms with E-state index in [9.17, 15) is 18.4 Å². The van der Waals surface area contributed by atoms with Gasteiger partial charge in [0.2, 0.25) is 0 Å². The molecule has 1 amide bonds. The van der Waals surface area contributed by atoms with E-state index in [0.717, 1.165) is 5.56 Å². The van der Waals surface area contributed by atoms with Gasteiger partial charge >= 0.3 is 12.6 Å². The fourth-order valence-corrected chi connectivity index (χ4v) is 2.67. The number of rotatable bonds is 10. The van der Waals surface area contributed by atoms with E-state index in [0.29, 0.717) is 17.9 Å². The van der Waals surface area contributed by atoms with E-state index in [1.807, 2.05) is 44.2 Å². The molecule has 0 unspecified atom stereocenters. The summed E-state index contributed by atoms with van der Waals surface area (Å²) >= 11 is 0. The predicted molar refractivity (Wildman–Crippen MR) is 105 cm³/mol. The Hall–Kier alpha value is -2.96. The Labute approximate surface area is 169 Å². The van der Waals surface area contributed by atoms with Gasteiger partial charge in [0, 0.05) is 6.42 Å². The molecule has 0 heterocycles. The fourth-order valence-electron chi connectivity index (χ4n) is 2.67. The van der Waals surface area contributed by atoms with Gasteiger partial charge in [0.25, 0.3) is 5.91 Å². The molecular weight excluding hydrogens is 380 g/mol. The van der Waals surface area contributed by atoms with Gasteiger partial charge in [-0.15, -0.1) is 0 Å². The van der Waals surface area contributed by atoms with Crippen LogP contribution >= 0.6 is 0 Å². The molecule has 0 aliphatic carbocycles. The summed E-state index contributed by atoms with van der Waals surface area (Å²) in [6, 6.07) is 14.7. The average molecular weight is 405 g/mol. The molecule has 0 spiro atoms. The molecule has 0 saturated carbocycles. The normalized spacial score (nSPS) is 11.9. The Balaban J connectivity index is 2.05. The summed E-state index contributed by atoms with van der Waals surface area (Å²) in [5.41, 5.74) is 1.48. The first-order chi connectivity index (χ1) is 13.8. The Kier molecular flexibility index (Phi) is 8.58. The van der Waals surface area contributed by atoms with Crippen molar-refractivity contribution < 1.29 is 27.8 Å². The van der Waals surface area contributed by atoms with Gasteiger partial charge in [0.15, 0.2) is 6.61 Å². The molecule has 2 aromatic rings. The minimum Gasteiger partial charge on any atom is -0.456 e. The number of benzene rings is 2. The molecule has 5 nitrogen and oxygen atoms in total. The van der Waals surface area contributed by atoms with E-state index in [4.69, 9.17) is 4.74 Å². The fraction of sp³-hybridized carbons (Fsp3) is 0.364. The van der Waals surface area contributed by atoms with Crippen LogP contribution in [0.5, 0.6) is 5.75 Å². The molecule has 7 heteroatoms. The molecule has 0 aliphatic heterocycles. The number of esters is 1. The third-order valence-corrected chi connectivity index (χ3v) is 4.17. The minimum absolute atomic E-state index is 0.0287. The summed E-state index contributed by atoms with van der Waals surface area (Å²) in [6.07, 6.45) is 0.957. The highest BCUT2D eigenvalue weighted by Gasteiger charge is 2.18. The van der Waals surface area contributed by atoms with Gasteiger partial charge in [-0.25, -0.2) is 0 Å². The van der Waals surface area contributed by atoms with Crippen molar-refractivity contribution >= 4 is 11.9 Å². The van der Waals surface area contributed by atoms with E-state index in [2.05, 4.69) is 10.1 Å². The molecule has 0 aliphatic rings. The monoisotopic (exact) mass is 405 g/mol. The van der Waals surface area contributed by atoms with Crippen LogP contribution in [0.3, 0.4) is 0 Å². The lowest BCUT2D eigenvalue weighted by molar-refractivity contribution is -0.148. The highest BCUT2D eigenvalue weighted by Crippen LogP contribution is 2.24. The average Bonchev–Trinajstić information content (AvgIpc) is 2.70. The predicted octanol–water partition coefficient (Wildman–Crippen LogP) is 4.47. The third-order valence-electron chi connectivity index (χ3n) is 4.17. The molecule has 0 radical (unpaired) electrons. The Bertz CT molecular complexity index is 779.